The van der Waals surface area contributed by atoms with Crippen LogP contribution in [-0.2, 0) is 0 Å². The number of hydrogen-bond acceptors (Lipinski definition) is 7. The van der Waals surface area contributed by atoms with E-state index in [0.29, 0.717) is 15.8 Å². The zero-order valence-corrected chi connectivity index (χ0v) is 14.2. The van der Waals surface area contributed by atoms with Gasteiger partial charge in [0.1, 0.15) is 10.7 Å². The molecule has 3 rings (SSSR count). The second-order valence-electron chi connectivity index (χ2n) is 4.48. The van der Waals surface area contributed by atoms with Crippen molar-refractivity contribution in [3.05, 3.63) is 40.1 Å². The topological polar surface area (TPSA) is 68.3 Å². The van der Waals surface area contributed by atoms with Crippen molar-refractivity contribution in [2.75, 3.05) is 0 Å². The maximum Gasteiger partial charge on any atom is 0.251 e. The first kappa shape index (κ1) is 15.1. The second kappa shape index (κ2) is 6.15. The molecule has 0 radical (unpaired) electrons. The number of nitrogens with zero attached hydrogens (tertiary/aromatic N) is 6. The number of aryl methyl sites for hydroxylation is 2. The highest BCUT2D eigenvalue weighted by molar-refractivity contribution is 7.80. The summed E-state index contributed by atoms with van der Waals surface area (Å²) in [5.74, 6) is 0. The van der Waals surface area contributed by atoms with Crippen LogP contribution in [0.25, 0.3) is 5.69 Å². The van der Waals surface area contributed by atoms with E-state index in [4.69, 9.17) is 11.6 Å². The van der Waals surface area contributed by atoms with Gasteiger partial charge in [0.05, 0.1) is 22.6 Å². The molecule has 2 heterocycles. The molecule has 0 saturated carbocycles. The summed E-state index contributed by atoms with van der Waals surface area (Å²) in [6.45, 7) is 3.72. The van der Waals surface area contributed by atoms with Crippen molar-refractivity contribution < 1.29 is 0 Å². The first-order valence-corrected chi connectivity index (χ1v) is 7.94. The van der Waals surface area contributed by atoms with Crippen LogP contribution in [0.15, 0.2) is 39.5 Å². The molecule has 0 saturated heterocycles. The molecule has 1 aromatic carbocycles. The zero-order chi connectivity index (χ0) is 15.7. The Bertz CT molecular complexity index is 854. The lowest BCUT2D eigenvalue weighted by Gasteiger charge is -2.04. The van der Waals surface area contributed by atoms with Crippen LogP contribution in [0.2, 0.25) is 5.02 Å². The van der Waals surface area contributed by atoms with Gasteiger partial charge in [-0.2, -0.15) is 5.10 Å². The van der Waals surface area contributed by atoms with Crippen LogP contribution in [0.1, 0.15) is 10.7 Å². The average Bonchev–Trinajstić information content (AvgIpc) is 3.05. The van der Waals surface area contributed by atoms with Crippen LogP contribution in [-0.4, -0.2) is 20.0 Å². The summed E-state index contributed by atoms with van der Waals surface area (Å²) in [5, 5.41) is 22.4. The number of azo groups is 1. The summed E-state index contributed by atoms with van der Waals surface area (Å²) >= 11 is 11.9. The fourth-order valence-electron chi connectivity index (χ4n) is 1.77. The number of benzene rings is 1. The molecule has 0 aliphatic rings. The fourth-order valence-corrected chi connectivity index (χ4v) is 2.68. The molecule has 112 valence electrons. The van der Waals surface area contributed by atoms with E-state index in [0.717, 1.165) is 21.3 Å². The molecular weight excluding hydrogens is 340 g/mol. The Labute approximate surface area is 141 Å². The van der Waals surface area contributed by atoms with Crippen molar-refractivity contribution in [1.29, 1.82) is 0 Å². The molecule has 22 heavy (non-hydrogen) atoms. The molecule has 0 N–H and O–H groups in total. The molecular formula is C13H11ClN6S2. The lowest BCUT2D eigenvalue weighted by molar-refractivity contribution is 0.860. The van der Waals surface area contributed by atoms with Crippen molar-refractivity contribution in [2.24, 2.45) is 10.2 Å². The largest absolute Gasteiger partial charge is 0.251 e. The van der Waals surface area contributed by atoms with Crippen LogP contribution in [0.5, 0.6) is 0 Å². The Kier molecular flexibility index (Phi) is 4.23. The van der Waals surface area contributed by atoms with Crippen molar-refractivity contribution >= 4 is 46.4 Å². The van der Waals surface area contributed by atoms with E-state index in [9.17, 15) is 0 Å². The summed E-state index contributed by atoms with van der Waals surface area (Å²) < 4.78 is 1.66. The summed E-state index contributed by atoms with van der Waals surface area (Å²) in [5.41, 5.74) is 2.13. The van der Waals surface area contributed by atoms with Gasteiger partial charge in [-0.25, -0.2) is 4.68 Å². The van der Waals surface area contributed by atoms with E-state index in [-0.39, 0.29) is 0 Å². The van der Waals surface area contributed by atoms with Gasteiger partial charge in [-0.3, -0.25) is 0 Å². The van der Waals surface area contributed by atoms with Crippen LogP contribution >= 0.6 is 35.6 Å². The molecule has 0 unspecified atom stereocenters. The van der Waals surface area contributed by atoms with E-state index in [1.165, 1.54) is 11.3 Å². The number of thiol groups is 1. The minimum atomic E-state index is 0.514. The van der Waals surface area contributed by atoms with Gasteiger partial charge < -0.3 is 0 Å². The molecule has 0 amide bonds. The van der Waals surface area contributed by atoms with Gasteiger partial charge in [0.25, 0.3) is 5.13 Å². The summed E-state index contributed by atoms with van der Waals surface area (Å²) in [6.07, 6.45) is 1.77. The van der Waals surface area contributed by atoms with E-state index < -0.39 is 0 Å². The number of aromatic nitrogens is 4. The zero-order valence-electron chi connectivity index (χ0n) is 11.7. The van der Waals surface area contributed by atoms with Gasteiger partial charge in [-0.1, -0.05) is 22.9 Å². The number of hydrogen-bond donors (Lipinski definition) is 1. The van der Waals surface area contributed by atoms with Crippen molar-refractivity contribution in [3.8, 4) is 5.69 Å². The molecule has 0 spiro atoms. The molecule has 0 aliphatic carbocycles. The Balaban J connectivity index is 1.94. The molecule has 9 heteroatoms. The van der Waals surface area contributed by atoms with Crippen LogP contribution in [0, 0.1) is 13.8 Å². The SMILES string of the molecule is Cc1nnc(N=Nc2cn(-c3cc(S)ccc3Cl)nc2C)s1. The van der Waals surface area contributed by atoms with Crippen molar-refractivity contribution in [3.63, 3.8) is 0 Å². The van der Waals surface area contributed by atoms with Crippen molar-refractivity contribution in [1.82, 2.24) is 20.0 Å². The van der Waals surface area contributed by atoms with Crippen LogP contribution in [0.4, 0.5) is 10.8 Å². The van der Waals surface area contributed by atoms with Gasteiger partial charge in [0.15, 0.2) is 0 Å². The minimum absolute atomic E-state index is 0.514. The van der Waals surface area contributed by atoms with Gasteiger partial charge in [-0.05, 0) is 32.0 Å². The molecule has 2 aromatic heterocycles. The highest BCUT2D eigenvalue weighted by atomic mass is 35.5. The molecule has 0 aliphatic heterocycles. The third-order valence-electron chi connectivity index (χ3n) is 2.81. The molecule has 6 nitrogen and oxygen atoms in total. The minimum Gasteiger partial charge on any atom is -0.237 e. The lowest BCUT2D eigenvalue weighted by atomic mass is 10.3. The standard InChI is InChI=1S/C13H11ClN6S2/c1-7-11(16-18-13-17-15-8(2)22-13)6-20(19-7)12-5-9(21)3-4-10(12)14/h3-6,21H,1-2H3. The molecule has 0 bridgehead atoms. The van der Waals surface area contributed by atoms with Gasteiger partial charge in [0, 0.05) is 4.90 Å². The van der Waals surface area contributed by atoms with Gasteiger partial charge in [-0.15, -0.1) is 33.1 Å². The molecule has 3 aromatic rings. The quantitative estimate of drug-likeness (QED) is 0.550. The Morgan fingerprint density at radius 2 is 2.05 bits per heavy atom. The highest BCUT2D eigenvalue weighted by Crippen LogP contribution is 2.28. The summed E-state index contributed by atoms with van der Waals surface area (Å²) in [6, 6.07) is 5.44. The lowest BCUT2D eigenvalue weighted by Crippen LogP contribution is -1.95. The first-order chi connectivity index (χ1) is 10.5. The first-order valence-electron chi connectivity index (χ1n) is 6.30. The fraction of sp³-hybridized carbons (Fsp3) is 0.154. The smallest absolute Gasteiger partial charge is 0.237 e. The van der Waals surface area contributed by atoms with E-state index >= 15 is 0 Å². The third kappa shape index (κ3) is 3.18. The van der Waals surface area contributed by atoms with Gasteiger partial charge >= 0.3 is 0 Å². The Hall–Kier alpha value is -1.77. The van der Waals surface area contributed by atoms with E-state index in [1.54, 1.807) is 16.9 Å². The van der Waals surface area contributed by atoms with Crippen LogP contribution < -0.4 is 0 Å². The van der Waals surface area contributed by atoms with Gasteiger partial charge in [0.2, 0.25) is 0 Å². The maximum atomic E-state index is 6.20. The summed E-state index contributed by atoms with van der Waals surface area (Å²) in [7, 11) is 0. The third-order valence-corrected chi connectivity index (χ3v) is 4.13. The summed E-state index contributed by atoms with van der Waals surface area (Å²) in [4.78, 5) is 0.806. The predicted molar refractivity (Wildman–Crippen MR) is 89.4 cm³/mol. The highest BCUT2D eigenvalue weighted by Gasteiger charge is 2.09. The maximum absolute atomic E-state index is 6.20. The number of rotatable bonds is 3. The number of halogens is 1. The Morgan fingerprint density at radius 3 is 2.77 bits per heavy atom. The molecule has 0 fully saturated rings. The van der Waals surface area contributed by atoms with Crippen molar-refractivity contribution in [2.45, 2.75) is 18.7 Å². The monoisotopic (exact) mass is 350 g/mol. The predicted octanol–water partition coefficient (Wildman–Crippen LogP) is 4.70. The Morgan fingerprint density at radius 1 is 1.23 bits per heavy atom. The van der Waals surface area contributed by atoms with Crippen LogP contribution in [0.3, 0.4) is 0 Å². The molecule has 0 atom stereocenters. The van der Waals surface area contributed by atoms with E-state index in [1.807, 2.05) is 26.0 Å². The normalized spacial score (nSPS) is 11.5. The average molecular weight is 351 g/mol. The second-order valence-corrected chi connectivity index (χ2v) is 6.57. The van der Waals surface area contributed by atoms with E-state index in [2.05, 4.69) is 38.2 Å².